The van der Waals surface area contributed by atoms with Crippen LogP contribution in [0.3, 0.4) is 0 Å². The van der Waals surface area contributed by atoms with Crippen LogP contribution in [0.4, 0.5) is 14.5 Å². The van der Waals surface area contributed by atoms with Gasteiger partial charge in [0.05, 0.1) is 11.1 Å². The van der Waals surface area contributed by atoms with Crippen LogP contribution in [0.25, 0.3) is 10.9 Å². The fraction of sp³-hybridized carbons (Fsp3) is 0.238. The zero-order valence-electron chi connectivity index (χ0n) is 14.7. The van der Waals surface area contributed by atoms with E-state index in [1.54, 1.807) is 11.1 Å². The number of pyridine rings is 1. The summed E-state index contributed by atoms with van der Waals surface area (Å²) in [7, 11) is 0. The Bertz CT molecular complexity index is 992. The number of benzene rings is 2. The van der Waals surface area contributed by atoms with Gasteiger partial charge in [-0.15, -0.1) is 0 Å². The Morgan fingerprint density at radius 1 is 1.11 bits per heavy atom. The fourth-order valence-electron chi connectivity index (χ4n) is 3.47. The molecule has 0 aliphatic carbocycles. The van der Waals surface area contributed by atoms with E-state index in [1.165, 1.54) is 6.07 Å². The zero-order valence-corrected chi connectivity index (χ0v) is 14.7. The second-order valence-electron chi connectivity index (χ2n) is 6.78. The van der Waals surface area contributed by atoms with Gasteiger partial charge in [-0.1, -0.05) is 18.2 Å². The summed E-state index contributed by atoms with van der Waals surface area (Å²) in [6.45, 7) is 1.17. The van der Waals surface area contributed by atoms with Crippen LogP contribution in [0.5, 0.6) is 0 Å². The maximum Gasteiger partial charge on any atom is 0.255 e. The van der Waals surface area contributed by atoms with Crippen molar-refractivity contribution in [1.82, 2.24) is 9.88 Å². The maximum absolute atomic E-state index is 13.4. The molecule has 1 aromatic heterocycles. The quantitative estimate of drug-likeness (QED) is 0.754. The number of amides is 1. The number of para-hydroxylation sites is 1. The van der Waals surface area contributed by atoms with E-state index in [2.05, 4.69) is 10.3 Å². The van der Waals surface area contributed by atoms with Gasteiger partial charge in [-0.2, -0.15) is 0 Å². The van der Waals surface area contributed by atoms with Crippen molar-refractivity contribution in [2.45, 2.75) is 18.9 Å². The summed E-state index contributed by atoms with van der Waals surface area (Å²) in [6, 6.07) is 13.3. The predicted molar refractivity (Wildman–Crippen MR) is 101 cm³/mol. The third-order valence-corrected chi connectivity index (χ3v) is 4.84. The van der Waals surface area contributed by atoms with Crippen molar-refractivity contribution in [3.63, 3.8) is 0 Å². The summed E-state index contributed by atoms with van der Waals surface area (Å²) < 4.78 is 26.5. The third kappa shape index (κ3) is 3.74. The minimum atomic E-state index is -0.883. The van der Waals surface area contributed by atoms with Crippen LogP contribution >= 0.6 is 0 Å². The van der Waals surface area contributed by atoms with Crippen LogP contribution in [0.1, 0.15) is 23.2 Å². The van der Waals surface area contributed by atoms with Crippen LogP contribution in [0.15, 0.2) is 54.7 Å². The van der Waals surface area contributed by atoms with Crippen molar-refractivity contribution in [1.29, 1.82) is 0 Å². The van der Waals surface area contributed by atoms with Crippen LogP contribution in [-0.4, -0.2) is 34.9 Å². The Balaban J connectivity index is 1.48. The van der Waals surface area contributed by atoms with Gasteiger partial charge in [0, 0.05) is 42.5 Å². The molecule has 0 spiro atoms. The van der Waals surface area contributed by atoms with Crippen LogP contribution in [-0.2, 0) is 0 Å². The third-order valence-electron chi connectivity index (χ3n) is 4.84. The minimum Gasteiger partial charge on any atom is -0.380 e. The van der Waals surface area contributed by atoms with Gasteiger partial charge >= 0.3 is 0 Å². The van der Waals surface area contributed by atoms with E-state index in [0.717, 1.165) is 35.9 Å². The van der Waals surface area contributed by atoms with Crippen LogP contribution < -0.4 is 5.32 Å². The largest absolute Gasteiger partial charge is 0.380 e. The Morgan fingerprint density at radius 3 is 2.81 bits per heavy atom. The van der Waals surface area contributed by atoms with Crippen molar-refractivity contribution in [2.24, 2.45) is 0 Å². The molecule has 1 atom stereocenters. The summed E-state index contributed by atoms with van der Waals surface area (Å²) in [5, 5.41) is 4.13. The fourth-order valence-corrected chi connectivity index (χ4v) is 3.47. The molecule has 1 aliphatic rings. The van der Waals surface area contributed by atoms with E-state index in [-0.39, 0.29) is 11.9 Å². The first kappa shape index (κ1) is 17.4. The minimum absolute atomic E-state index is 0.0130. The molecule has 27 heavy (non-hydrogen) atoms. The van der Waals surface area contributed by atoms with E-state index >= 15 is 0 Å². The number of rotatable bonds is 3. The van der Waals surface area contributed by atoms with E-state index < -0.39 is 11.6 Å². The number of carbonyl (C=O) groups is 1. The molecular weight excluding hydrogens is 348 g/mol. The van der Waals surface area contributed by atoms with Gasteiger partial charge in [-0.25, -0.2) is 8.78 Å². The molecule has 1 fully saturated rings. The van der Waals surface area contributed by atoms with Gasteiger partial charge in [0.1, 0.15) is 0 Å². The predicted octanol–water partition coefficient (Wildman–Crippen LogP) is 4.23. The number of nitrogens with one attached hydrogen (secondary N) is 1. The highest BCUT2D eigenvalue weighted by atomic mass is 19.2. The highest BCUT2D eigenvalue weighted by molar-refractivity contribution is 5.97. The molecule has 1 amide bonds. The molecule has 2 aromatic carbocycles. The molecule has 1 N–H and O–H groups in total. The standard InChI is InChI=1S/C21H19F2N3O/c22-18-8-7-16(11-19(18)23)25-17-5-3-9-26(13-17)21(27)15-10-14-4-1-2-6-20(14)24-12-15/h1-2,4,6-8,10-12,17,25H,3,5,9,13H2/t17-/m1/s1. The lowest BCUT2D eigenvalue weighted by Gasteiger charge is -2.33. The normalized spacial score (nSPS) is 17.1. The molecule has 0 unspecified atom stereocenters. The number of halogens is 2. The molecule has 1 saturated heterocycles. The number of hydrogen-bond acceptors (Lipinski definition) is 3. The van der Waals surface area contributed by atoms with Gasteiger partial charge in [0.2, 0.25) is 0 Å². The van der Waals surface area contributed by atoms with Gasteiger partial charge in [0.25, 0.3) is 5.91 Å². The van der Waals surface area contributed by atoms with E-state index in [0.29, 0.717) is 24.3 Å². The summed E-state index contributed by atoms with van der Waals surface area (Å²) in [5.41, 5.74) is 1.92. The van der Waals surface area contributed by atoms with Crippen molar-refractivity contribution in [2.75, 3.05) is 18.4 Å². The smallest absolute Gasteiger partial charge is 0.255 e. The Labute approximate surface area is 155 Å². The number of piperidine rings is 1. The SMILES string of the molecule is O=C(c1cnc2ccccc2c1)N1CCC[C@@H](Nc2ccc(F)c(F)c2)C1. The zero-order chi connectivity index (χ0) is 18.8. The monoisotopic (exact) mass is 367 g/mol. The van der Waals surface area contributed by atoms with Crippen molar-refractivity contribution >= 4 is 22.5 Å². The van der Waals surface area contributed by atoms with Crippen LogP contribution in [0, 0.1) is 11.6 Å². The van der Waals surface area contributed by atoms with Gasteiger partial charge in [-0.3, -0.25) is 9.78 Å². The number of aromatic nitrogens is 1. The molecule has 4 rings (SSSR count). The average molecular weight is 367 g/mol. The second kappa shape index (κ2) is 7.31. The topological polar surface area (TPSA) is 45.2 Å². The lowest BCUT2D eigenvalue weighted by atomic mass is 10.0. The van der Waals surface area contributed by atoms with E-state index in [9.17, 15) is 13.6 Å². The Hall–Kier alpha value is -3.02. The molecule has 138 valence electrons. The molecule has 6 heteroatoms. The first-order chi connectivity index (χ1) is 13.1. The van der Waals surface area contributed by atoms with Crippen molar-refractivity contribution in [3.8, 4) is 0 Å². The highest BCUT2D eigenvalue weighted by Gasteiger charge is 2.25. The Kier molecular flexibility index (Phi) is 4.71. The number of anilines is 1. The highest BCUT2D eigenvalue weighted by Crippen LogP contribution is 2.21. The Morgan fingerprint density at radius 2 is 1.96 bits per heavy atom. The lowest BCUT2D eigenvalue weighted by molar-refractivity contribution is 0.0714. The van der Waals surface area contributed by atoms with E-state index in [1.807, 2.05) is 30.3 Å². The van der Waals surface area contributed by atoms with E-state index in [4.69, 9.17) is 0 Å². The molecular formula is C21H19F2N3O. The second-order valence-corrected chi connectivity index (χ2v) is 6.78. The van der Waals surface area contributed by atoms with Crippen LogP contribution in [0.2, 0.25) is 0 Å². The molecule has 2 heterocycles. The summed E-state index contributed by atoms with van der Waals surface area (Å²) in [4.78, 5) is 19.0. The first-order valence-electron chi connectivity index (χ1n) is 8.96. The van der Waals surface area contributed by atoms with Gasteiger partial charge in [0.15, 0.2) is 11.6 Å². The summed E-state index contributed by atoms with van der Waals surface area (Å²) in [6.07, 6.45) is 3.31. The number of nitrogens with zero attached hydrogens (tertiary/aromatic N) is 2. The lowest BCUT2D eigenvalue weighted by Crippen LogP contribution is -2.45. The average Bonchev–Trinajstić information content (AvgIpc) is 2.70. The summed E-state index contributed by atoms with van der Waals surface area (Å²) in [5.74, 6) is -1.82. The number of hydrogen-bond donors (Lipinski definition) is 1. The molecule has 0 bridgehead atoms. The van der Waals surface area contributed by atoms with Crippen molar-refractivity contribution < 1.29 is 13.6 Å². The molecule has 0 saturated carbocycles. The first-order valence-corrected chi connectivity index (χ1v) is 8.96. The van der Waals surface area contributed by atoms with Crippen molar-refractivity contribution in [3.05, 3.63) is 71.9 Å². The number of carbonyl (C=O) groups excluding carboxylic acids is 1. The molecule has 0 radical (unpaired) electrons. The molecule has 3 aromatic rings. The van der Waals surface area contributed by atoms with Gasteiger partial charge in [-0.05, 0) is 37.1 Å². The van der Waals surface area contributed by atoms with Gasteiger partial charge < -0.3 is 10.2 Å². The molecule has 4 nitrogen and oxygen atoms in total. The number of likely N-dealkylation sites (tertiary alicyclic amines) is 1. The molecule has 1 aliphatic heterocycles. The summed E-state index contributed by atoms with van der Waals surface area (Å²) >= 11 is 0. The maximum atomic E-state index is 13.4. The number of fused-ring (bicyclic) bond motifs is 1.